The first-order chi connectivity index (χ1) is 9.33. The van der Waals surface area contributed by atoms with E-state index in [9.17, 15) is 4.79 Å². The highest BCUT2D eigenvalue weighted by atomic mass is 32.2. The molecule has 0 unspecified atom stereocenters. The number of nitrogens with one attached hydrogen (secondary N) is 1. The van der Waals surface area contributed by atoms with Crippen LogP contribution in [0.5, 0.6) is 0 Å². The summed E-state index contributed by atoms with van der Waals surface area (Å²) in [6.45, 7) is 0. The van der Waals surface area contributed by atoms with Crippen molar-refractivity contribution in [2.45, 2.75) is 62.2 Å². The highest BCUT2D eigenvalue weighted by Gasteiger charge is 2.28. The van der Waals surface area contributed by atoms with Gasteiger partial charge in [0.1, 0.15) is 0 Å². The predicted octanol–water partition coefficient (Wildman–Crippen LogP) is 1.55. The Balaban J connectivity index is 1.45. The molecule has 2 aliphatic carbocycles. The summed E-state index contributed by atoms with van der Waals surface area (Å²) in [5, 5.41) is 15.5. The van der Waals surface area contributed by atoms with Gasteiger partial charge in [0.2, 0.25) is 11.1 Å². The van der Waals surface area contributed by atoms with Crippen LogP contribution in [0.15, 0.2) is 5.16 Å². The van der Waals surface area contributed by atoms with Gasteiger partial charge in [0, 0.05) is 6.04 Å². The minimum absolute atomic E-state index is 0.0993. The van der Waals surface area contributed by atoms with Crippen LogP contribution in [-0.2, 0) is 4.79 Å². The van der Waals surface area contributed by atoms with Crippen LogP contribution in [0.2, 0.25) is 0 Å². The van der Waals surface area contributed by atoms with Gasteiger partial charge < -0.3 is 5.32 Å². The Kier molecular flexibility index (Phi) is 4.00. The summed E-state index contributed by atoms with van der Waals surface area (Å²) < 4.78 is 1.85. The molecule has 0 spiro atoms. The van der Waals surface area contributed by atoms with Crippen molar-refractivity contribution in [3.63, 3.8) is 0 Å². The summed E-state index contributed by atoms with van der Waals surface area (Å²) in [5.74, 6) is 0.506. The Hall–Kier alpha value is -1.11. The lowest BCUT2D eigenvalue weighted by atomic mass is 9.95. The van der Waals surface area contributed by atoms with Crippen LogP contribution in [0.25, 0.3) is 0 Å². The van der Waals surface area contributed by atoms with Crippen LogP contribution in [0, 0.1) is 0 Å². The summed E-state index contributed by atoms with van der Waals surface area (Å²) >= 11 is 1.43. The molecule has 3 rings (SSSR count). The van der Waals surface area contributed by atoms with Crippen molar-refractivity contribution in [1.82, 2.24) is 25.5 Å². The average Bonchev–Trinajstić information content (AvgIpc) is 3.16. The number of thioether (sulfide) groups is 1. The van der Waals surface area contributed by atoms with E-state index in [-0.39, 0.29) is 5.91 Å². The van der Waals surface area contributed by atoms with Gasteiger partial charge in [-0.05, 0) is 36.1 Å². The monoisotopic (exact) mass is 281 g/mol. The first-order valence-corrected chi connectivity index (χ1v) is 8.01. The molecule has 1 heterocycles. The number of rotatable bonds is 5. The molecule has 1 N–H and O–H groups in total. The molecule has 2 fully saturated rings. The van der Waals surface area contributed by atoms with E-state index in [0.29, 0.717) is 17.8 Å². The maximum atomic E-state index is 11.9. The van der Waals surface area contributed by atoms with Crippen molar-refractivity contribution in [3.05, 3.63) is 0 Å². The Morgan fingerprint density at radius 3 is 2.79 bits per heavy atom. The van der Waals surface area contributed by atoms with Gasteiger partial charge in [0.25, 0.3) is 0 Å². The third kappa shape index (κ3) is 3.46. The van der Waals surface area contributed by atoms with Gasteiger partial charge in [0.05, 0.1) is 11.8 Å². The molecule has 1 aromatic heterocycles. The third-order valence-corrected chi connectivity index (χ3v) is 4.59. The Labute approximate surface area is 116 Å². The van der Waals surface area contributed by atoms with Crippen molar-refractivity contribution in [3.8, 4) is 0 Å². The van der Waals surface area contributed by atoms with Crippen molar-refractivity contribution in [2.24, 2.45) is 0 Å². The highest BCUT2D eigenvalue weighted by Crippen LogP contribution is 2.36. The first kappa shape index (κ1) is 12.9. The molecule has 104 valence electrons. The summed E-state index contributed by atoms with van der Waals surface area (Å²) in [6, 6.07) is 0.834. The second-order valence-corrected chi connectivity index (χ2v) is 6.27. The maximum Gasteiger partial charge on any atom is 0.230 e. The Morgan fingerprint density at radius 1 is 1.26 bits per heavy atom. The topological polar surface area (TPSA) is 72.7 Å². The standard InChI is InChI=1S/C12H19N5OS/c18-11(13-9-4-2-1-3-5-9)8-19-12-14-15-16-17(12)10-6-7-10/h9-10H,1-8H2,(H,13,18). The quantitative estimate of drug-likeness (QED) is 0.829. The number of hydrogen-bond donors (Lipinski definition) is 1. The molecule has 2 aliphatic rings. The fraction of sp³-hybridized carbons (Fsp3) is 0.833. The van der Waals surface area contributed by atoms with E-state index in [1.807, 2.05) is 4.68 Å². The van der Waals surface area contributed by atoms with E-state index in [1.165, 1.54) is 31.0 Å². The molecule has 0 saturated heterocycles. The van der Waals surface area contributed by atoms with Crippen LogP contribution in [0.3, 0.4) is 0 Å². The van der Waals surface area contributed by atoms with Crippen molar-refractivity contribution >= 4 is 17.7 Å². The van der Waals surface area contributed by atoms with E-state index in [0.717, 1.165) is 30.8 Å². The highest BCUT2D eigenvalue weighted by molar-refractivity contribution is 7.99. The van der Waals surface area contributed by atoms with Crippen molar-refractivity contribution in [1.29, 1.82) is 0 Å². The summed E-state index contributed by atoms with van der Waals surface area (Å²) in [6.07, 6.45) is 8.31. The van der Waals surface area contributed by atoms with Gasteiger partial charge in [-0.1, -0.05) is 31.0 Å². The van der Waals surface area contributed by atoms with Gasteiger partial charge in [-0.15, -0.1) is 5.10 Å². The molecule has 7 heteroatoms. The number of carbonyl (C=O) groups excluding carboxylic acids is 1. The van der Waals surface area contributed by atoms with Gasteiger partial charge in [-0.2, -0.15) is 0 Å². The van der Waals surface area contributed by atoms with Gasteiger partial charge in [-0.25, -0.2) is 4.68 Å². The lowest BCUT2D eigenvalue weighted by Gasteiger charge is -2.22. The van der Waals surface area contributed by atoms with Crippen molar-refractivity contribution in [2.75, 3.05) is 5.75 Å². The molecule has 0 aromatic carbocycles. The number of carbonyl (C=O) groups is 1. The van der Waals surface area contributed by atoms with Crippen LogP contribution < -0.4 is 5.32 Å². The summed E-state index contributed by atoms with van der Waals surface area (Å²) in [5.41, 5.74) is 0. The lowest BCUT2D eigenvalue weighted by molar-refractivity contribution is -0.119. The van der Waals surface area contributed by atoms with Crippen LogP contribution in [0.4, 0.5) is 0 Å². The molecule has 0 atom stereocenters. The predicted molar refractivity (Wildman–Crippen MR) is 71.8 cm³/mol. The van der Waals surface area contributed by atoms with E-state index in [2.05, 4.69) is 20.8 Å². The number of hydrogen-bond acceptors (Lipinski definition) is 5. The van der Waals surface area contributed by atoms with Crippen LogP contribution in [-0.4, -0.2) is 37.9 Å². The number of aromatic nitrogens is 4. The van der Waals surface area contributed by atoms with Gasteiger partial charge in [0.15, 0.2) is 0 Å². The second kappa shape index (κ2) is 5.90. The van der Waals surface area contributed by atoms with Crippen LogP contribution >= 0.6 is 11.8 Å². The van der Waals surface area contributed by atoms with E-state index < -0.39 is 0 Å². The zero-order valence-electron chi connectivity index (χ0n) is 10.9. The molecule has 0 radical (unpaired) electrons. The maximum absolute atomic E-state index is 11.9. The van der Waals surface area contributed by atoms with E-state index in [1.54, 1.807) is 0 Å². The smallest absolute Gasteiger partial charge is 0.230 e. The first-order valence-electron chi connectivity index (χ1n) is 7.03. The second-order valence-electron chi connectivity index (χ2n) is 5.33. The molecule has 0 aliphatic heterocycles. The summed E-state index contributed by atoms with van der Waals surface area (Å²) in [7, 11) is 0. The minimum Gasteiger partial charge on any atom is -0.353 e. The molecule has 0 bridgehead atoms. The number of nitrogens with zero attached hydrogens (tertiary/aromatic N) is 4. The normalized spacial score (nSPS) is 20.4. The fourth-order valence-corrected chi connectivity index (χ4v) is 3.23. The fourth-order valence-electron chi connectivity index (χ4n) is 2.48. The number of amides is 1. The summed E-state index contributed by atoms with van der Waals surface area (Å²) in [4.78, 5) is 11.9. The zero-order valence-corrected chi connectivity index (χ0v) is 11.7. The largest absolute Gasteiger partial charge is 0.353 e. The molecular weight excluding hydrogens is 262 g/mol. The van der Waals surface area contributed by atoms with Gasteiger partial charge >= 0.3 is 0 Å². The Bertz CT molecular complexity index is 439. The van der Waals surface area contributed by atoms with E-state index >= 15 is 0 Å². The van der Waals surface area contributed by atoms with Gasteiger partial charge in [-0.3, -0.25) is 4.79 Å². The van der Waals surface area contributed by atoms with Crippen LogP contribution in [0.1, 0.15) is 51.0 Å². The molecular formula is C12H19N5OS. The minimum atomic E-state index is 0.0993. The molecule has 2 saturated carbocycles. The molecule has 1 aromatic rings. The SMILES string of the molecule is O=C(CSc1nnnn1C1CC1)NC1CCCCC1. The number of tetrazole rings is 1. The van der Waals surface area contributed by atoms with E-state index in [4.69, 9.17) is 0 Å². The molecule has 6 nitrogen and oxygen atoms in total. The lowest BCUT2D eigenvalue weighted by Crippen LogP contribution is -2.37. The average molecular weight is 281 g/mol. The Morgan fingerprint density at radius 2 is 2.05 bits per heavy atom. The molecule has 1 amide bonds. The zero-order chi connectivity index (χ0) is 13.1. The van der Waals surface area contributed by atoms with Crippen molar-refractivity contribution < 1.29 is 4.79 Å². The molecule has 19 heavy (non-hydrogen) atoms. The third-order valence-electron chi connectivity index (χ3n) is 3.66.